The highest BCUT2D eigenvalue weighted by atomic mass is 35.5. The summed E-state index contributed by atoms with van der Waals surface area (Å²) in [5.74, 6) is 0.122. The molecule has 0 heterocycles. The molecule has 0 bridgehead atoms. The molecule has 15 heavy (non-hydrogen) atoms. The number of nitrogens with two attached hydrogens (primary N) is 1. The van der Waals surface area contributed by atoms with Crippen molar-refractivity contribution in [1.82, 2.24) is 0 Å². The lowest BCUT2D eigenvalue weighted by atomic mass is 10.1. The summed E-state index contributed by atoms with van der Waals surface area (Å²) in [6.07, 6.45) is 0.472. The summed E-state index contributed by atoms with van der Waals surface area (Å²) in [4.78, 5) is 0. The highest BCUT2D eigenvalue weighted by Crippen LogP contribution is 2.20. The SMILES string of the molecule is COc1cc(F)ccc1CC(N)CO.Cl. The number of benzene rings is 1. The standard InChI is InChI=1S/C10H14FNO2.ClH/c1-14-10-5-8(11)3-2-7(10)4-9(12)6-13;/h2-3,5,9,13H,4,6,12H2,1H3;1H. The van der Waals surface area contributed by atoms with E-state index in [1.165, 1.54) is 19.2 Å². The van der Waals surface area contributed by atoms with Gasteiger partial charge in [0.05, 0.1) is 13.7 Å². The predicted octanol–water partition coefficient (Wildman–Crippen LogP) is 1.12. The third kappa shape index (κ3) is 4.03. The molecule has 0 fully saturated rings. The molecule has 3 N–H and O–H groups in total. The number of ether oxygens (including phenoxy) is 1. The van der Waals surface area contributed by atoms with Crippen molar-refractivity contribution >= 4 is 12.4 Å². The Morgan fingerprint density at radius 3 is 2.73 bits per heavy atom. The Bertz CT molecular complexity index is 309. The van der Waals surface area contributed by atoms with Crippen LogP contribution in [-0.4, -0.2) is 24.9 Å². The lowest BCUT2D eigenvalue weighted by Crippen LogP contribution is -2.27. The number of hydrogen-bond acceptors (Lipinski definition) is 3. The molecule has 1 aromatic carbocycles. The van der Waals surface area contributed by atoms with Crippen LogP contribution < -0.4 is 10.5 Å². The number of hydrogen-bond donors (Lipinski definition) is 2. The zero-order chi connectivity index (χ0) is 10.6. The van der Waals surface area contributed by atoms with E-state index in [4.69, 9.17) is 15.6 Å². The van der Waals surface area contributed by atoms with Crippen molar-refractivity contribution in [3.8, 4) is 5.75 Å². The quantitative estimate of drug-likeness (QED) is 0.822. The Balaban J connectivity index is 0.00000196. The molecular formula is C10H15ClFNO2. The molecule has 0 amide bonds. The number of aliphatic hydroxyl groups excluding tert-OH is 1. The van der Waals surface area contributed by atoms with Crippen LogP contribution in [0.15, 0.2) is 18.2 Å². The number of rotatable bonds is 4. The van der Waals surface area contributed by atoms with Crippen LogP contribution in [-0.2, 0) is 6.42 Å². The topological polar surface area (TPSA) is 55.5 Å². The molecule has 1 atom stereocenters. The predicted molar refractivity (Wildman–Crippen MR) is 59.0 cm³/mol. The summed E-state index contributed by atoms with van der Waals surface area (Å²) in [6.45, 7) is -0.0967. The second kappa shape index (κ2) is 6.61. The van der Waals surface area contributed by atoms with Crippen LogP contribution in [0.1, 0.15) is 5.56 Å². The summed E-state index contributed by atoms with van der Waals surface area (Å²) < 4.78 is 17.8. The van der Waals surface area contributed by atoms with Crippen molar-refractivity contribution in [3.05, 3.63) is 29.6 Å². The molecule has 3 nitrogen and oxygen atoms in total. The van der Waals surface area contributed by atoms with Gasteiger partial charge in [-0.15, -0.1) is 12.4 Å². The molecule has 0 saturated heterocycles. The molecule has 0 spiro atoms. The Kier molecular flexibility index (Phi) is 6.24. The van der Waals surface area contributed by atoms with Crippen molar-refractivity contribution in [2.45, 2.75) is 12.5 Å². The molecule has 0 radical (unpaired) electrons. The Labute approximate surface area is 94.5 Å². The lowest BCUT2D eigenvalue weighted by molar-refractivity contribution is 0.264. The molecule has 1 unspecified atom stereocenters. The second-order valence-corrected chi connectivity index (χ2v) is 3.10. The minimum atomic E-state index is -0.344. The van der Waals surface area contributed by atoms with E-state index in [2.05, 4.69) is 0 Å². The van der Waals surface area contributed by atoms with E-state index in [9.17, 15) is 4.39 Å². The maximum atomic E-state index is 12.8. The summed E-state index contributed by atoms with van der Waals surface area (Å²) in [5.41, 5.74) is 6.37. The van der Waals surface area contributed by atoms with Crippen LogP contribution in [0.5, 0.6) is 5.75 Å². The third-order valence-corrected chi connectivity index (χ3v) is 1.97. The third-order valence-electron chi connectivity index (χ3n) is 1.97. The van der Waals surface area contributed by atoms with Gasteiger partial charge >= 0.3 is 0 Å². The normalized spacial score (nSPS) is 11.7. The monoisotopic (exact) mass is 235 g/mol. The molecule has 1 rings (SSSR count). The summed E-state index contributed by atoms with van der Waals surface area (Å²) in [7, 11) is 1.47. The number of halogens is 2. The van der Waals surface area contributed by atoms with Crippen LogP contribution in [0.25, 0.3) is 0 Å². The Morgan fingerprint density at radius 2 is 2.20 bits per heavy atom. The van der Waals surface area contributed by atoms with Gasteiger partial charge in [-0.3, -0.25) is 0 Å². The van der Waals surface area contributed by atoms with Gasteiger partial charge < -0.3 is 15.6 Å². The number of aliphatic hydroxyl groups is 1. The van der Waals surface area contributed by atoms with Gasteiger partial charge in [0, 0.05) is 12.1 Å². The van der Waals surface area contributed by atoms with Crippen LogP contribution in [0.3, 0.4) is 0 Å². The zero-order valence-electron chi connectivity index (χ0n) is 8.44. The average Bonchev–Trinajstić information content (AvgIpc) is 2.20. The lowest BCUT2D eigenvalue weighted by Gasteiger charge is -2.11. The molecule has 1 aromatic rings. The molecule has 86 valence electrons. The van der Waals surface area contributed by atoms with Crippen molar-refractivity contribution in [2.24, 2.45) is 5.73 Å². The highest BCUT2D eigenvalue weighted by Gasteiger charge is 2.08. The number of methoxy groups -OCH3 is 1. The maximum absolute atomic E-state index is 12.8. The smallest absolute Gasteiger partial charge is 0.126 e. The fourth-order valence-electron chi connectivity index (χ4n) is 1.23. The molecule has 0 aliphatic rings. The van der Waals surface area contributed by atoms with Crippen LogP contribution in [0, 0.1) is 5.82 Å². The fraction of sp³-hybridized carbons (Fsp3) is 0.400. The second-order valence-electron chi connectivity index (χ2n) is 3.10. The first-order valence-corrected chi connectivity index (χ1v) is 4.36. The van der Waals surface area contributed by atoms with E-state index in [-0.39, 0.29) is 30.9 Å². The fourth-order valence-corrected chi connectivity index (χ4v) is 1.23. The van der Waals surface area contributed by atoms with Crippen molar-refractivity contribution in [1.29, 1.82) is 0 Å². The van der Waals surface area contributed by atoms with E-state index in [1.54, 1.807) is 6.07 Å². The Hall–Kier alpha value is -0.840. The molecule has 0 saturated carbocycles. The van der Waals surface area contributed by atoms with Gasteiger partial charge in [-0.05, 0) is 18.1 Å². The minimum Gasteiger partial charge on any atom is -0.496 e. The average molecular weight is 236 g/mol. The maximum Gasteiger partial charge on any atom is 0.126 e. The first kappa shape index (κ1) is 14.2. The van der Waals surface area contributed by atoms with E-state index in [0.29, 0.717) is 12.2 Å². The van der Waals surface area contributed by atoms with Crippen LogP contribution in [0.2, 0.25) is 0 Å². The van der Waals surface area contributed by atoms with Gasteiger partial charge in [-0.25, -0.2) is 4.39 Å². The minimum absolute atomic E-state index is 0. The largest absolute Gasteiger partial charge is 0.496 e. The van der Waals surface area contributed by atoms with E-state index >= 15 is 0 Å². The molecular weight excluding hydrogens is 221 g/mol. The summed E-state index contributed by atoms with van der Waals surface area (Å²) >= 11 is 0. The van der Waals surface area contributed by atoms with E-state index in [1.807, 2.05) is 0 Å². The van der Waals surface area contributed by atoms with Gasteiger partial charge in [-0.2, -0.15) is 0 Å². The molecule has 0 aromatic heterocycles. The van der Waals surface area contributed by atoms with Crippen LogP contribution in [0.4, 0.5) is 4.39 Å². The zero-order valence-corrected chi connectivity index (χ0v) is 9.26. The van der Waals surface area contributed by atoms with Crippen molar-refractivity contribution in [3.63, 3.8) is 0 Å². The van der Waals surface area contributed by atoms with Crippen molar-refractivity contribution in [2.75, 3.05) is 13.7 Å². The van der Waals surface area contributed by atoms with Gasteiger partial charge in [0.1, 0.15) is 11.6 Å². The van der Waals surface area contributed by atoms with Gasteiger partial charge in [0.15, 0.2) is 0 Å². The Morgan fingerprint density at radius 1 is 1.53 bits per heavy atom. The first-order valence-electron chi connectivity index (χ1n) is 4.36. The molecule has 0 aliphatic carbocycles. The van der Waals surface area contributed by atoms with E-state index < -0.39 is 0 Å². The first-order chi connectivity index (χ1) is 6.67. The van der Waals surface area contributed by atoms with Crippen molar-refractivity contribution < 1.29 is 14.2 Å². The summed E-state index contributed by atoms with van der Waals surface area (Å²) in [6, 6.07) is 3.93. The van der Waals surface area contributed by atoms with Crippen LogP contribution >= 0.6 is 12.4 Å². The van der Waals surface area contributed by atoms with Gasteiger partial charge in [0.2, 0.25) is 0 Å². The van der Waals surface area contributed by atoms with E-state index in [0.717, 1.165) is 5.56 Å². The van der Waals surface area contributed by atoms with Gasteiger partial charge in [-0.1, -0.05) is 6.07 Å². The highest BCUT2D eigenvalue weighted by molar-refractivity contribution is 5.85. The van der Waals surface area contributed by atoms with Gasteiger partial charge in [0.25, 0.3) is 0 Å². The molecule has 0 aliphatic heterocycles. The molecule has 5 heteroatoms. The summed E-state index contributed by atoms with van der Waals surface area (Å²) in [5, 5.41) is 8.77.